The van der Waals surface area contributed by atoms with Gasteiger partial charge in [-0.05, 0) is 44.4 Å². The molecule has 2 aromatic carbocycles. The maximum absolute atomic E-state index is 12.6. The molecule has 0 aliphatic heterocycles. The Hall–Kier alpha value is -3.87. The van der Waals surface area contributed by atoms with E-state index in [2.05, 4.69) is 5.32 Å². The fourth-order valence-electron chi connectivity index (χ4n) is 3.97. The van der Waals surface area contributed by atoms with Gasteiger partial charge in [-0.3, -0.25) is 9.59 Å². The van der Waals surface area contributed by atoms with E-state index in [1.807, 2.05) is 50.2 Å². The van der Waals surface area contributed by atoms with Gasteiger partial charge in [0.2, 0.25) is 5.91 Å². The van der Waals surface area contributed by atoms with E-state index in [9.17, 15) is 14.4 Å². The van der Waals surface area contributed by atoms with Gasteiger partial charge in [0.25, 0.3) is 0 Å². The Labute approximate surface area is 183 Å². The van der Waals surface area contributed by atoms with Crippen LogP contribution in [0.2, 0.25) is 0 Å². The number of aliphatic carboxylic acids is 1. The fraction of sp³-hybridized carbons (Fsp3) is 0.240. The maximum atomic E-state index is 12.6. The van der Waals surface area contributed by atoms with Crippen molar-refractivity contribution < 1.29 is 23.5 Å². The van der Waals surface area contributed by atoms with Gasteiger partial charge >= 0.3 is 11.6 Å². The van der Waals surface area contributed by atoms with E-state index in [0.717, 1.165) is 33.2 Å². The molecule has 7 nitrogen and oxygen atoms in total. The third kappa shape index (κ3) is 3.89. The van der Waals surface area contributed by atoms with Crippen molar-refractivity contribution in [3.63, 3.8) is 0 Å². The normalized spacial score (nSPS) is 12.2. The molecule has 4 aromatic rings. The number of rotatable bonds is 6. The van der Waals surface area contributed by atoms with E-state index in [1.165, 1.54) is 6.92 Å². The zero-order chi connectivity index (χ0) is 23.0. The summed E-state index contributed by atoms with van der Waals surface area (Å²) >= 11 is 0. The van der Waals surface area contributed by atoms with Crippen LogP contribution in [0.3, 0.4) is 0 Å². The van der Waals surface area contributed by atoms with Crippen molar-refractivity contribution in [1.82, 2.24) is 5.32 Å². The number of aryl methyl sites for hydroxylation is 2. The molecule has 2 heterocycles. The van der Waals surface area contributed by atoms with Gasteiger partial charge in [0.05, 0.1) is 0 Å². The SMILES string of the molecule is Cc1oc2cc3oc(=O)c(CCC(=O)NC(C)C(=O)O)c(C)c3cc2c1-c1ccccc1. The van der Waals surface area contributed by atoms with Gasteiger partial charge in [-0.1, -0.05) is 30.3 Å². The van der Waals surface area contributed by atoms with Gasteiger partial charge < -0.3 is 19.3 Å². The predicted molar refractivity (Wildman–Crippen MR) is 121 cm³/mol. The van der Waals surface area contributed by atoms with Crippen LogP contribution < -0.4 is 10.9 Å². The highest BCUT2D eigenvalue weighted by molar-refractivity contribution is 6.03. The van der Waals surface area contributed by atoms with Crippen molar-refractivity contribution in [2.45, 2.75) is 39.7 Å². The van der Waals surface area contributed by atoms with E-state index >= 15 is 0 Å². The number of nitrogens with one attached hydrogen (secondary N) is 1. The maximum Gasteiger partial charge on any atom is 0.339 e. The number of fused-ring (bicyclic) bond motifs is 2. The Morgan fingerprint density at radius 3 is 2.41 bits per heavy atom. The number of amides is 1. The minimum Gasteiger partial charge on any atom is -0.480 e. The van der Waals surface area contributed by atoms with Crippen LogP contribution in [0.25, 0.3) is 33.1 Å². The predicted octanol–water partition coefficient (Wildman–Crippen LogP) is 4.34. The van der Waals surface area contributed by atoms with Gasteiger partial charge in [0.15, 0.2) is 0 Å². The van der Waals surface area contributed by atoms with Crippen molar-refractivity contribution in [3.8, 4) is 11.1 Å². The molecule has 164 valence electrons. The van der Waals surface area contributed by atoms with Crippen LogP contribution in [0.1, 0.15) is 30.2 Å². The molecule has 1 atom stereocenters. The molecule has 1 unspecified atom stereocenters. The highest BCUT2D eigenvalue weighted by Crippen LogP contribution is 2.37. The number of benzene rings is 2. The molecule has 0 fully saturated rings. The number of carbonyl (C=O) groups excluding carboxylic acids is 1. The molecule has 32 heavy (non-hydrogen) atoms. The molecule has 0 spiro atoms. The molecule has 2 aromatic heterocycles. The second-order valence-corrected chi connectivity index (χ2v) is 7.86. The van der Waals surface area contributed by atoms with Crippen molar-refractivity contribution in [3.05, 3.63) is 69.8 Å². The van der Waals surface area contributed by atoms with Crippen molar-refractivity contribution >= 4 is 33.8 Å². The van der Waals surface area contributed by atoms with E-state index < -0.39 is 23.5 Å². The summed E-state index contributed by atoms with van der Waals surface area (Å²) in [6, 6.07) is 12.6. The summed E-state index contributed by atoms with van der Waals surface area (Å²) in [5.74, 6) is -0.787. The van der Waals surface area contributed by atoms with E-state index in [1.54, 1.807) is 6.07 Å². The highest BCUT2D eigenvalue weighted by Gasteiger charge is 2.19. The quantitative estimate of drug-likeness (QED) is 0.438. The first kappa shape index (κ1) is 21.4. The smallest absolute Gasteiger partial charge is 0.339 e. The van der Waals surface area contributed by atoms with Gasteiger partial charge in [0.1, 0.15) is 23.0 Å². The Morgan fingerprint density at radius 2 is 1.72 bits per heavy atom. The van der Waals surface area contributed by atoms with E-state index in [0.29, 0.717) is 16.7 Å². The van der Waals surface area contributed by atoms with Crippen LogP contribution in [0.4, 0.5) is 0 Å². The third-order valence-electron chi connectivity index (χ3n) is 5.68. The van der Waals surface area contributed by atoms with Crippen LogP contribution in [0.5, 0.6) is 0 Å². The molecular weight excluding hydrogens is 410 g/mol. The summed E-state index contributed by atoms with van der Waals surface area (Å²) in [6.07, 6.45) is 0.132. The molecule has 0 radical (unpaired) electrons. The fourth-order valence-corrected chi connectivity index (χ4v) is 3.97. The Kier molecular flexibility index (Phi) is 5.57. The van der Waals surface area contributed by atoms with Crippen LogP contribution in [-0.2, 0) is 16.0 Å². The van der Waals surface area contributed by atoms with Gasteiger partial charge in [0, 0.05) is 34.4 Å². The lowest BCUT2D eigenvalue weighted by molar-refractivity contribution is -0.141. The minimum atomic E-state index is -1.12. The second-order valence-electron chi connectivity index (χ2n) is 7.86. The lowest BCUT2D eigenvalue weighted by Crippen LogP contribution is -2.38. The first-order valence-corrected chi connectivity index (χ1v) is 10.3. The number of carboxylic acid groups (broad SMARTS) is 1. The Balaban J connectivity index is 1.75. The standard InChI is InChI=1S/C25H23NO6/c1-13-17(9-10-22(27)26-14(2)24(28)29)25(30)32-20-12-21-19(11-18(13)20)23(15(3)31-21)16-7-5-4-6-8-16/h4-8,11-12,14H,9-10H2,1-3H3,(H,26,27)(H,28,29). The minimum absolute atomic E-state index is 0.0168. The first-order chi connectivity index (χ1) is 15.3. The molecule has 1 amide bonds. The molecule has 0 saturated heterocycles. The summed E-state index contributed by atoms with van der Waals surface area (Å²) < 4.78 is 11.5. The molecule has 0 bridgehead atoms. The van der Waals surface area contributed by atoms with Crippen LogP contribution in [-0.4, -0.2) is 23.0 Å². The molecule has 0 aliphatic carbocycles. The molecule has 0 saturated carbocycles. The van der Waals surface area contributed by atoms with Crippen LogP contribution in [0, 0.1) is 13.8 Å². The van der Waals surface area contributed by atoms with E-state index in [4.69, 9.17) is 13.9 Å². The first-order valence-electron chi connectivity index (χ1n) is 10.3. The highest BCUT2D eigenvalue weighted by atomic mass is 16.4. The number of hydrogen-bond donors (Lipinski definition) is 2. The third-order valence-corrected chi connectivity index (χ3v) is 5.68. The summed E-state index contributed by atoms with van der Waals surface area (Å²) in [5.41, 5.74) is 3.68. The average molecular weight is 433 g/mol. The topological polar surface area (TPSA) is 110 Å². The molecule has 0 aliphatic rings. The summed E-state index contributed by atoms with van der Waals surface area (Å²) in [5, 5.41) is 13.0. The average Bonchev–Trinajstić information content (AvgIpc) is 3.07. The molecule has 7 heteroatoms. The Bertz CT molecular complexity index is 1400. The van der Waals surface area contributed by atoms with Gasteiger partial charge in [-0.2, -0.15) is 0 Å². The van der Waals surface area contributed by atoms with Crippen molar-refractivity contribution in [1.29, 1.82) is 0 Å². The number of furan rings is 1. The molecule has 2 N–H and O–H groups in total. The van der Waals surface area contributed by atoms with E-state index in [-0.39, 0.29) is 12.8 Å². The lowest BCUT2D eigenvalue weighted by Gasteiger charge is -2.10. The lowest BCUT2D eigenvalue weighted by atomic mass is 9.98. The van der Waals surface area contributed by atoms with Crippen molar-refractivity contribution in [2.24, 2.45) is 0 Å². The molecular formula is C25H23NO6. The van der Waals surface area contributed by atoms with Gasteiger partial charge in [-0.15, -0.1) is 0 Å². The van der Waals surface area contributed by atoms with Crippen LogP contribution in [0.15, 0.2) is 56.1 Å². The largest absolute Gasteiger partial charge is 0.480 e. The summed E-state index contributed by atoms with van der Waals surface area (Å²) in [4.78, 5) is 35.6. The second kappa shape index (κ2) is 8.34. The van der Waals surface area contributed by atoms with Crippen molar-refractivity contribution in [2.75, 3.05) is 0 Å². The number of carbonyl (C=O) groups is 2. The Morgan fingerprint density at radius 1 is 1.03 bits per heavy atom. The number of hydrogen-bond acceptors (Lipinski definition) is 5. The summed E-state index contributed by atoms with van der Waals surface area (Å²) in [7, 11) is 0. The zero-order valence-electron chi connectivity index (χ0n) is 18.0. The number of carboxylic acids is 1. The monoisotopic (exact) mass is 433 g/mol. The van der Waals surface area contributed by atoms with Crippen LogP contribution >= 0.6 is 0 Å². The zero-order valence-corrected chi connectivity index (χ0v) is 18.0. The van der Waals surface area contributed by atoms with Gasteiger partial charge in [-0.25, -0.2) is 4.79 Å². The summed E-state index contributed by atoms with van der Waals surface area (Å²) in [6.45, 7) is 5.11. The molecule has 4 rings (SSSR count).